The summed E-state index contributed by atoms with van der Waals surface area (Å²) in [7, 11) is 1.73. The zero-order valence-corrected chi connectivity index (χ0v) is 13.5. The molecule has 0 aliphatic heterocycles. The van der Waals surface area contributed by atoms with Gasteiger partial charge in [-0.2, -0.15) is 0 Å². The minimum absolute atomic E-state index is 0.608. The third-order valence-electron chi connectivity index (χ3n) is 4.07. The van der Waals surface area contributed by atoms with Gasteiger partial charge in [-0.05, 0) is 61.9 Å². The fraction of sp³-hybridized carbons (Fsp3) is 0.625. The SMILES string of the molecule is CCCNC(Cc1cc(OC)ccc1Br)C1CCC1. The van der Waals surface area contributed by atoms with Crippen LogP contribution < -0.4 is 10.1 Å². The van der Waals surface area contributed by atoms with E-state index in [1.807, 2.05) is 6.07 Å². The minimum atomic E-state index is 0.608. The lowest BCUT2D eigenvalue weighted by Gasteiger charge is -2.35. The van der Waals surface area contributed by atoms with Gasteiger partial charge in [0.05, 0.1) is 7.11 Å². The van der Waals surface area contributed by atoms with E-state index in [1.54, 1.807) is 7.11 Å². The predicted octanol–water partition coefficient (Wildman–Crippen LogP) is 4.17. The molecule has 1 atom stereocenters. The molecule has 0 radical (unpaired) electrons. The molecule has 2 rings (SSSR count). The second kappa shape index (κ2) is 7.30. The number of rotatable bonds is 7. The lowest BCUT2D eigenvalue weighted by molar-refractivity contribution is 0.227. The number of benzene rings is 1. The van der Waals surface area contributed by atoms with Crippen LogP contribution in [-0.2, 0) is 6.42 Å². The van der Waals surface area contributed by atoms with E-state index in [-0.39, 0.29) is 0 Å². The van der Waals surface area contributed by atoms with Crippen LogP contribution in [0.3, 0.4) is 0 Å². The molecule has 0 heterocycles. The molecule has 1 aliphatic carbocycles. The van der Waals surface area contributed by atoms with Gasteiger partial charge in [-0.25, -0.2) is 0 Å². The summed E-state index contributed by atoms with van der Waals surface area (Å²) in [6, 6.07) is 6.86. The third kappa shape index (κ3) is 3.96. The van der Waals surface area contributed by atoms with Crippen molar-refractivity contribution < 1.29 is 4.74 Å². The minimum Gasteiger partial charge on any atom is -0.497 e. The van der Waals surface area contributed by atoms with Gasteiger partial charge in [0, 0.05) is 10.5 Å². The van der Waals surface area contributed by atoms with Crippen molar-refractivity contribution in [3.8, 4) is 5.75 Å². The summed E-state index contributed by atoms with van der Waals surface area (Å²) in [5.41, 5.74) is 1.35. The molecule has 0 amide bonds. The van der Waals surface area contributed by atoms with Gasteiger partial charge >= 0.3 is 0 Å². The average molecular weight is 326 g/mol. The second-order valence-electron chi connectivity index (χ2n) is 5.41. The fourth-order valence-corrected chi connectivity index (χ4v) is 3.06. The number of nitrogens with one attached hydrogen (secondary N) is 1. The third-order valence-corrected chi connectivity index (χ3v) is 4.84. The van der Waals surface area contributed by atoms with Crippen molar-refractivity contribution in [2.45, 2.75) is 45.1 Å². The molecule has 0 saturated heterocycles. The van der Waals surface area contributed by atoms with Crippen LogP contribution in [0.1, 0.15) is 38.2 Å². The molecular formula is C16H24BrNO. The Morgan fingerprint density at radius 3 is 2.79 bits per heavy atom. The molecule has 1 aromatic carbocycles. The maximum Gasteiger partial charge on any atom is 0.119 e. The lowest BCUT2D eigenvalue weighted by Crippen LogP contribution is -2.41. The van der Waals surface area contributed by atoms with E-state index in [9.17, 15) is 0 Å². The molecule has 1 aliphatic rings. The topological polar surface area (TPSA) is 21.3 Å². The first-order valence-corrected chi connectivity index (χ1v) is 8.09. The average Bonchev–Trinajstić information content (AvgIpc) is 2.36. The quantitative estimate of drug-likeness (QED) is 0.812. The molecule has 0 spiro atoms. The van der Waals surface area contributed by atoms with Gasteiger partial charge in [-0.1, -0.05) is 29.3 Å². The maximum atomic E-state index is 5.33. The molecule has 3 heteroatoms. The lowest BCUT2D eigenvalue weighted by atomic mass is 9.77. The van der Waals surface area contributed by atoms with Crippen LogP contribution in [0, 0.1) is 5.92 Å². The van der Waals surface area contributed by atoms with Crippen LogP contribution in [0.4, 0.5) is 0 Å². The van der Waals surface area contributed by atoms with E-state index in [0.29, 0.717) is 6.04 Å². The highest BCUT2D eigenvalue weighted by Gasteiger charge is 2.27. The van der Waals surface area contributed by atoms with Gasteiger partial charge in [0.15, 0.2) is 0 Å². The van der Waals surface area contributed by atoms with Gasteiger partial charge in [-0.15, -0.1) is 0 Å². The van der Waals surface area contributed by atoms with Crippen molar-refractivity contribution in [3.63, 3.8) is 0 Å². The zero-order valence-electron chi connectivity index (χ0n) is 11.9. The van der Waals surface area contributed by atoms with E-state index >= 15 is 0 Å². The Morgan fingerprint density at radius 1 is 1.42 bits per heavy atom. The number of halogens is 1. The highest BCUT2D eigenvalue weighted by Crippen LogP contribution is 2.33. The summed E-state index contributed by atoms with van der Waals surface area (Å²) in [4.78, 5) is 0. The van der Waals surface area contributed by atoms with Gasteiger partial charge in [0.1, 0.15) is 5.75 Å². The first kappa shape index (κ1) is 14.9. The fourth-order valence-electron chi connectivity index (χ4n) is 2.65. The van der Waals surface area contributed by atoms with Crippen LogP contribution in [0.2, 0.25) is 0 Å². The van der Waals surface area contributed by atoms with E-state index in [1.165, 1.54) is 35.7 Å². The number of hydrogen-bond donors (Lipinski definition) is 1. The van der Waals surface area contributed by atoms with Gasteiger partial charge < -0.3 is 10.1 Å². The summed E-state index contributed by atoms with van der Waals surface area (Å²) in [5.74, 6) is 1.80. The standard InChI is InChI=1S/C16H24BrNO/c1-3-9-18-16(12-5-4-6-12)11-13-10-14(19-2)7-8-15(13)17/h7-8,10,12,16,18H,3-6,9,11H2,1-2H3. The normalized spacial score (nSPS) is 17.0. The summed E-state index contributed by atoms with van der Waals surface area (Å²) < 4.78 is 6.52. The Labute approximate surface area is 125 Å². The molecule has 106 valence electrons. The van der Waals surface area contributed by atoms with Crippen LogP contribution in [0.5, 0.6) is 5.75 Å². The van der Waals surface area contributed by atoms with Crippen LogP contribution >= 0.6 is 15.9 Å². The van der Waals surface area contributed by atoms with Gasteiger partial charge in [-0.3, -0.25) is 0 Å². The van der Waals surface area contributed by atoms with E-state index in [0.717, 1.165) is 24.6 Å². The Kier molecular flexibility index (Phi) is 5.71. The van der Waals surface area contributed by atoms with E-state index in [4.69, 9.17) is 4.74 Å². The molecule has 1 unspecified atom stereocenters. The predicted molar refractivity (Wildman–Crippen MR) is 83.8 cm³/mol. The summed E-state index contributed by atoms with van der Waals surface area (Å²) >= 11 is 3.66. The number of methoxy groups -OCH3 is 1. The molecular weight excluding hydrogens is 302 g/mol. The highest BCUT2D eigenvalue weighted by atomic mass is 79.9. The second-order valence-corrected chi connectivity index (χ2v) is 6.27. The molecule has 1 aromatic rings. The molecule has 2 nitrogen and oxygen atoms in total. The van der Waals surface area contributed by atoms with Crippen molar-refractivity contribution in [2.75, 3.05) is 13.7 Å². The van der Waals surface area contributed by atoms with Gasteiger partial charge in [0.2, 0.25) is 0 Å². The maximum absolute atomic E-state index is 5.33. The van der Waals surface area contributed by atoms with Crippen molar-refractivity contribution in [1.29, 1.82) is 0 Å². The number of ether oxygens (including phenoxy) is 1. The number of hydrogen-bond acceptors (Lipinski definition) is 2. The summed E-state index contributed by atoms with van der Waals surface area (Å²) in [5, 5.41) is 3.72. The van der Waals surface area contributed by atoms with Crippen molar-refractivity contribution in [3.05, 3.63) is 28.2 Å². The largest absolute Gasteiger partial charge is 0.497 e. The van der Waals surface area contributed by atoms with Crippen molar-refractivity contribution >= 4 is 15.9 Å². The monoisotopic (exact) mass is 325 g/mol. The van der Waals surface area contributed by atoms with Crippen LogP contribution in [0.15, 0.2) is 22.7 Å². The molecule has 1 saturated carbocycles. The summed E-state index contributed by atoms with van der Waals surface area (Å²) in [6.45, 7) is 3.34. The Balaban J connectivity index is 2.06. The molecule has 1 fully saturated rings. The smallest absolute Gasteiger partial charge is 0.119 e. The van der Waals surface area contributed by atoms with Crippen molar-refractivity contribution in [1.82, 2.24) is 5.32 Å². The molecule has 0 bridgehead atoms. The Hall–Kier alpha value is -0.540. The van der Waals surface area contributed by atoms with Crippen LogP contribution in [-0.4, -0.2) is 19.7 Å². The van der Waals surface area contributed by atoms with E-state index in [2.05, 4.69) is 40.3 Å². The van der Waals surface area contributed by atoms with Crippen molar-refractivity contribution in [2.24, 2.45) is 5.92 Å². The van der Waals surface area contributed by atoms with Crippen LogP contribution in [0.25, 0.3) is 0 Å². The highest BCUT2D eigenvalue weighted by molar-refractivity contribution is 9.10. The first-order valence-electron chi connectivity index (χ1n) is 7.30. The summed E-state index contributed by atoms with van der Waals surface area (Å²) in [6.07, 6.45) is 6.44. The Morgan fingerprint density at radius 2 is 2.21 bits per heavy atom. The zero-order chi connectivity index (χ0) is 13.7. The van der Waals surface area contributed by atoms with E-state index < -0.39 is 0 Å². The first-order chi connectivity index (χ1) is 9.24. The molecule has 0 aromatic heterocycles. The molecule has 19 heavy (non-hydrogen) atoms. The molecule has 1 N–H and O–H groups in total. The Bertz CT molecular complexity index is 404. The van der Waals surface area contributed by atoms with Gasteiger partial charge in [0.25, 0.3) is 0 Å².